The zero-order chi connectivity index (χ0) is 21.6. The summed E-state index contributed by atoms with van der Waals surface area (Å²) in [5.41, 5.74) is 8.50. The topological polar surface area (TPSA) is 80.0 Å². The molecule has 6 nitrogen and oxygen atoms in total. The lowest BCUT2D eigenvalue weighted by atomic mass is 9.90. The van der Waals surface area contributed by atoms with Crippen LogP contribution >= 0.6 is 11.8 Å². The number of rotatable bonds is 8. The summed E-state index contributed by atoms with van der Waals surface area (Å²) in [4.78, 5) is 19.2. The van der Waals surface area contributed by atoms with Crippen LogP contribution < -0.4 is 20.7 Å². The van der Waals surface area contributed by atoms with Gasteiger partial charge in [0.1, 0.15) is 5.75 Å². The largest absolute Gasteiger partial charge is 0.484 e. The van der Waals surface area contributed by atoms with Gasteiger partial charge in [0.05, 0.1) is 5.54 Å². The fraction of sp³-hybridized carbons (Fsp3) is 0.391. The normalized spacial score (nSPS) is 18.4. The first-order chi connectivity index (χ1) is 14.4. The summed E-state index contributed by atoms with van der Waals surface area (Å²) in [7, 11) is 0. The van der Waals surface area contributed by atoms with Crippen molar-refractivity contribution in [1.29, 1.82) is 0 Å². The van der Waals surface area contributed by atoms with E-state index >= 15 is 0 Å². The molecular formula is C23H30N4O2S. The Morgan fingerprint density at radius 2 is 1.97 bits per heavy atom. The third-order valence-electron chi connectivity index (χ3n) is 5.30. The van der Waals surface area contributed by atoms with Crippen molar-refractivity contribution in [3.05, 3.63) is 54.1 Å². The molecule has 160 valence electrons. The highest BCUT2D eigenvalue weighted by Gasteiger charge is 2.29. The summed E-state index contributed by atoms with van der Waals surface area (Å²) in [6.45, 7) is 8.17. The van der Waals surface area contributed by atoms with Crippen LogP contribution in [0.4, 0.5) is 11.4 Å². The van der Waals surface area contributed by atoms with Gasteiger partial charge in [0.25, 0.3) is 5.91 Å². The number of amidine groups is 1. The predicted molar refractivity (Wildman–Crippen MR) is 127 cm³/mol. The number of benzene rings is 2. The lowest BCUT2D eigenvalue weighted by Crippen LogP contribution is -2.28. The lowest BCUT2D eigenvalue weighted by molar-refractivity contribution is -0.118. The van der Waals surface area contributed by atoms with Crippen LogP contribution in [-0.2, 0) is 10.3 Å². The van der Waals surface area contributed by atoms with Gasteiger partial charge < -0.3 is 20.7 Å². The zero-order valence-corrected chi connectivity index (χ0v) is 18.7. The van der Waals surface area contributed by atoms with Crippen molar-refractivity contribution in [3.63, 3.8) is 0 Å². The Morgan fingerprint density at radius 3 is 2.63 bits per heavy atom. The lowest BCUT2D eigenvalue weighted by Gasteiger charge is -2.30. The number of carbonyl (C=O) groups is 1. The molecule has 0 aliphatic carbocycles. The molecule has 1 unspecified atom stereocenters. The average molecular weight is 427 g/mol. The number of carbonyl (C=O) groups excluding carboxylic acids is 1. The molecule has 1 heterocycles. The van der Waals surface area contributed by atoms with Gasteiger partial charge >= 0.3 is 0 Å². The number of hydrogen-bond acceptors (Lipinski definition) is 6. The Morgan fingerprint density at radius 1 is 1.23 bits per heavy atom. The number of amides is 1. The summed E-state index contributed by atoms with van der Waals surface area (Å²) in [5.74, 6) is 1.39. The van der Waals surface area contributed by atoms with E-state index in [0.29, 0.717) is 10.9 Å². The summed E-state index contributed by atoms with van der Waals surface area (Å²) >= 11 is 1.58. The summed E-state index contributed by atoms with van der Waals surface area (Å²) in [6.07, 6.45) is 0.909. The van der Waals surface area contributed by atoms with E-state index < -0.39 is 0 Å². The molecule has 0 saturated carbocycles. The van der Waals surface area contributed by atoms with Crippen LogP contribution in [-0.4, -0.2) is 36.5 Å². The van der Waals surface area contributed by atoms with Crippen LogP contribution in [0.5, 0.6) is 5.75 Å². The minimum atomic E-state index is -0.358. The van der Waals surface area contributed by atoms with E-state index in [1.807, 2.05) is 48.5 Å². The summed E-state index contributed by atoms with van der Waals surface area (Å²) in [5, 5.41) is 3.49. The van der Waals surface area contributed by atoms with Gasteiger partial charge in [-0.15, -0.1) is 0 Å². The number of anilines is 2. The highest BCUT2D eigenvalue weighted by atomic mass is 32.2. The second-order valence-corrected chi connectivity index (χ2v) is 8.52. The Labute approximate surface area is 182 Å². The Bertz CT molecular complexity index is 896. The molecule has 0 fully saturated rings. The van der Waals surface area contributed by atoms with Crippen LogP contribution in [0.1, 0.15) is 32.8 Å². The smallest absolute Gasteiger partial charge is 0.262 e. The molecule has 0 saturated heterocycles. The maximum absolute atomic E-state index is 12.3. The fourth-order valence-corrected chi connectivity index (χ4v) is 4.48. The molecule has 0 spiro atoms. The molecule has 2 aromatic rings. The number of hydrogen-bond donors (Lipinski definition) is 2. The highest BCUT2D eigenvalue weighted by Crippen LogP contribution is 2.36. The number of ether oxygens (including phenoxy) is 1. The minimum Gasteiger partial charge on any atom is -0.484 e. The minimum absolute atomic E-state index is 0.0563. The van der Waals surface area contributed by atoms with Gasteiger partial charge in [0, 0.05) is 30.2 Å². The third-order valence-corrected chi connectivity index (χ3v) is 6.10. The zero-order valence-electron chi connectivity index (χ0n) is 17.9. The molecule has 0 bridgehead atoms. The first-order valence-corrected chi connectivity index (χ1v) is 11.3. The van der Waals surface area contributed by atoms with Gasteiger partial charge in [-0.3, -0.25) is 9.79 Å². The Balaban J connectivity index is 1.58. The predicted octanol–water partition coefficient (Wildman–Crippen LogP) is 4.22. The quantitative estimate of drug-likeness (QED) is 0.661. The van der Waals surface area contributed by atoms with Crippen molar-refractivity contribution in [2.45, 2.75) is 32.7 Å². The van der Waals surface area contributed by atoms with E-state index in [4.69, 9.17) is 10.5 Å². The summed E-state index contributed by atoms with van der Waals surface area (Å²) in [6, 6.07) is 15.6. The first kappa shape index (κ1) is 22.0. The van der Waals surface area contributed by atoms with Gasteiger partial charge in [0.15, 0.2) is 11.8 Å². The van der Waals surface area contributed by atoms with Crippen molar-refractivity contribution in [2.75, 3.05) is 35.7 Å². The molecule has 3 N–H and O–H groups in total. The van der Waals surface area contributed by atoms with Crippen LogP contribution in [0, 0.1) is 0 Å². The highest BCUT2D eigenvalue weighted by molar-refractivity contribution is 8.13. The SMILES string of the molecule is CCN(CC)c1ccc(NC(=O)COc2cccc(C3(C)CCSC(N)=N3)c2)cc1. The first-order valence-electron chi connectivity index (χ1n) is 10.3. The number of thioether (sulfide) groups is 1. The maximum atomic E-state index is 12.3. The Hall–Kier alpha value is -2.67. The molecule has 2 aromatic carbocycles. The molecule has 1 aliphatic rings. The van der Waals surface area contributed by atoms with Crippen molar-refractivity contribution < 1.29 is 9.53 Å². The van der Waals surface area contributed by atoms with Gasteiger partial charge in [0.2, 0.25) is 0 Å². The van der Waals surface area contributed by atoms with Crippen LogP contribution in [0.2, 0.25) is 0 Å². The second kappa shape index (κ2) is 9.89. The van der Waals surface area contributed by atoms with Gasteiger partial charge in [-0.1, -0.05) is 23.9 Å². The number of aliphatic imine (C=N–C) groups is 1. The maximum Gasteiger partial charge on any atom is 0.262 e. The molecular weight excluding hydrogens is 396 g/mol. The molecule has 30 heavy (non-hydrogen) atoms. The van der Waals surface area contributed by atoms with Gasteiger partial charge in [-0.2, -0.15) is 0 Å². The van der Waals surface area contributed by atoms with Gasteiger partial charge in [-0.25, -0.2) is 0 Å². The van der Waals surface area contributed by atoms with E-state index in [0.717, 1.165) is 42.2 Å². The molecule has 7 heteroatoms. The van der Waals surface area contributed by atoms with E-state index in [1.54, 1.807) is 11.8 Å². The second-order valence-electron chi connectivity index (χ2n) is 7.41. The monoisotopic (exact) mass is 426 g/mol. The molecule has 1 amide bonds. The molecule has 1 aliphatic heterocycles. The third kappa shape index (κ3) is 5.48. The average Bonchev–Trinajstić information content (AvgIpc) is 2.74. The van der Waals surface area contributed by atoms with Crippen molar-refractivity contribution >= 4 is 34.2 Å². The van der Waals surface area contributed by atoms with E-state index in [-0.39, 0.29) is 18.1 Å². The van der Waals surface area contributed by atoms with E-state index in [1.165, 1.54) is 0 Å². The van der Waals surface area contributed by atoms with Crippen molar-refractivity contribution in [3.8, 4) is 5.75 Å². The van der Waals surface area contributed by atoms with E-state index in [2.05, 4.69) is 36.0 Å². The molecule has 0 radical (unpaired) electrons. The van der Waals surface area contributed by atoms with Crippen molar-refractivity contribution in [1.82, 2.24) is 0 Å². The van der Waals surface area contributed by atoms with Crippen molar-refractivity contribution in [2.24, 2.45) is 10.7 Å². The standard InChI is InChI=1S/C23H30N4O2S/c1-4-27(5-2)19-11-9-18(10-12-19)25-21(28)16-29-20-8-6-7-17(15-20)23(3)13-14-30-22(24)26-23/h6-12,15H,4-5,13-14,16H2,1-3H3,(H2,24,26)(H,25,28). The molecule has 3 rings (SSSR count). The van der Waals surface area contributed by atoms with E-state index in [9.17, 15) is 4.79 Å². The number of nitrogens with two attached hydrogens (primary N) is 1. The fourth-order valence-electron chi connectivity index (χ4n) is 3.51. The van der Waals surface area contributed by atoms with Crippen LogP contribution in [0.25, 0.3) is 0 Å². The number of nitrogens with zero attached hydrogens (tertiary/aromatic N) is 2. The van der Waals surface area contributed by atoms with Crippen LogP contribution in [0.15, 0.2) is 53.5 Å². The van der Waals surface area contributed by atoms with Gasteiger partial charge in [-0.05, 0) is 69.2 Å². The molecule has 1 atom stereocenters. The van der Waals surface area contributed by atoms with Crippen LogP contribution in [0.3, 0.4) is 0 Å². The molecule has 0 aromatic heterocycles. The Kier molecular flexibility index (Phi) is 7.26. The number of nitrogens with one attached hydrogen (secondary N) is 1. The summed E-state index contributed by atoms with van der Waals surface area (Å²) < 4.78 is 5.73.